The number of nitrogens with zero attached hydrogens (tertiary/aromatic N) is 1. The molecule has 0 aliphatic carbocycles. The molecule has 0 radical (unpaired) electrons. The Morgan fingerprint density at radius 1 is 1.40 bits per heavy atom. The first-order chi connectivity index (χ1) is 9.54. The molecule has 1 aromatic carbocycles. The summed E-state index contributed by atoms with van der Waals surface area (Å²) < 4.78 is 0.909. The summed E-state index contributed by atoms with van der Waals surface area (Å²) in [6.45, 7) is 3.18. The van der Waals surface area contributed by atoms with Gasteiger partial charge < -0.3 is 5.32 Å². The minimum absolute atomic E-state index is 0.00592. The first-order valence-electron chi connectivity index (χ1n) is 6.31. The number of rotatable bonds is 5. The van der Waals surface area contributed by atoms with E-state index in [1.54, 1.807) is 11.3 Å². The van der Waals surface area contributed by atoms with Gasteiger partial charge in [-0.25, -0.2) is 0 Å². The second-order valence-electron chi connectivity index (χ2n) is 4.78. The van der Waals surface area contributed by atoms with E-state index in [-0.39, 0.29) is 5.91 Å². The normalized spacial score (nSPS) is 10.8. The largest absolute Gasteiger partial charge is 0.324 e. The van der Waals surface area contributed by atoms with E-state index in [1.165, 1.54) is 4.88 Å². The van der Waals surface area contributed by atoms with E-state index in [4.69, 9.17) is 0 Å². The highest BCUT2D eigenvalue weighted by atomic mass is 79.9. The minimum atomic E-state index is -0.00592. The molecule has 0 bridgehead atoms. The SMILES string of the molecule is Cc1ccc(NC(=O)CN(C)Cc2cccs2)c(Br)c1. The number of hydrogen-bond acceptors (Lipinski definition) is 3. The maximum Gasteiger partial charge on any atom is 0.238 e. The lowest BCUT2D eigenvalue weighted by atomic mass is 10.2. The van der Waals surface area contributed by atoms with Crippen molar-refractivity contribution >= 4 is 38.9 Å². The van der Waals surface area contributed by atoms with Crippen LogP contribution < -0.4 is 5.32 Å². The molecule has 3 nitrogen and oxygen atoms in total. The van der Waals surface area contributed by atoms with Crippen molar-refractivity contribution in [3.8, 4) is 0 Å². The third-order valence-electron chi connectivity index (χ3n) is 2.82. The molecule has 20 heavy (non-hydrogen) atoms. The van der Waals surface area contributed by atoms with E-state index in [9.17, 15) is 4.79 Å². The van der Waals surface area contributed by atoms with Gasteiger partial charge in [-0.2, -0.15) is 0 Å². The number of halogens is 1. The summed E-state index contributed by atoms with van der Waals surface area (Å²) in [4.78, 5) is 15.3. The second-order valence-corrected chi connectivity index (χ2v) is 6.67. The Bertz CT molecular complexity index is 584. The van der Waals surface area contributed by atoms with E-state index in [2.05, 4.69) is 27.3 Å². The van der Waals surface area contributed by atoms with Crippen molar-refractivity contribution in [3.05, 3.63) is 50.6 Å². The van der Waals surface area contributed by atoms with E-state index in [0.717, 1.165) is 22.3 Å². The molecule has 0 saturated carbocycles. The van der Waals surface area contributed by atoms with Crippen LogP contribution in [0, 0.1) is 6.92 Å². The lowest BCUT2D eigenvalue weighted by Crippen LogP contribution is -2.29. The Balaban J connectivity index is 1.88. The second kappa shape index (κ2) is 7.02. The van der Waals surface area contributed by atoms with Crippen molar-refractivity contribution in [1.82, 2.24) is 4.90 Å². The molecule has 1 heterocycles. The van der Waals surface area contributed by atoms with Crippen LogP contribution in [0.15, 0.2) is 40.2 Å². The molecule has 2 aromatic rings. The van der Waals surface area contributed by atoms with Gasteiger partial charge in [0.15, 0.2) is 0 Å². The van der Waals surface area contributed by atoms with Crippen molar-refractivity contribution in [1.29, 1.82) is 0 Å². The fraction of sp³-hybridized carbons (Fsp3) is 0.267. The molecule has 106 valence electrons. The molecule has 1 amide bonds. The average Bonchev–Trinajstić information content (AvgIpc) is 2.85. The van der Waals surface area contributed by atoms with Crippen LogP contribution in [-0.4, -0.2) is 24.4 Å². The predicted octanol–water partition coefficient (Wildman–Crippen LogP) is 3.89. The van der Waals surface area contributed by atoms with Crippen LogP contribution in [-0.2, 0) is 11.3 Å². The van der Waals surface area contributed by atoms with Gasteiger partial charge in [0.1, 0.15) is 0 Å². The number of benzene rings is 1. The number of amides is 1. The van der Waals surface area contributed by atoms with Gasteiger partial charge in [0, 0.05) is 15.9 Å². The van der Waals surface area contributed by atoms with E-state index in [0.29, 0.717) is 6.54 Å². The van der Waals surface area contributed by atoms with Gasteiger partial charge in [0.2, 0.25) is 5.91 Å². The molecule has 2 rings (SSSR count). The number of nitrogens with one attached hydrogen (secondary N) is 1. The summed E-state index contributed by atoms with van der Waals surface area (Å²) in [5, 5.41) is 4.97. The fourth-order valence-corrected chi connectivity index (χ4v) is 3.26. The Labute approximate surface area is 131 Å². The van der Waals surface area contributed by atoms with Crippen LogP contribution in [0.2, 0.25) is 0 Å². The quantitative estimate of drug-likeness (QED) is 0.885. The number of thiophene rings is 1. The lowest BCUT2D eigenvalue weighted by Gasteiger charge is -2.15. The minimum Gasteiger partial charge on any atom is -0.324 e. The molecule has 0 atom stereocenters. The van der Waals surface area contributed by atoms with Crippen LogP contribution in [0.5, 0.6) is 0 Å². The summed E-state index contributed by atoms with van der Waals surface area (Å²) >= 11 is 5.17. The number of hydrogen-bond donors (Lipinski definition) is 1. The molecule has 0 fully saturated rings. The van der Waals surface area contributed by atoms with Crippen molar-refractivity contribution in [2.45, 2.75) is 13.5 Å². The highest BCUT2D eigenvalue weighted by Crippen LogP contribution is 2.23. The van der Waals surface area contributed by atoms with Gasteiger partial charge in [-0.15, -0.1) is 11.3 Å². The molecule has 0 saturated heterocycles. The highest BCUT2D eigenvalue weighted by Gasteiger charge is 2.09. The number of anilines is 1. The van der Waals surface area contributed by atoms with Gasteiger partial charge in [0.05, 0.1) is 12.2 Å². The zero-order chi connectivity index (χ0) is 14.5. The maximum atomic E-state index is 12.0. The molecule has 0 unspecified atom stereocenters. The maximum absolute atomic E-state index is 12.0. The summed E-state index contributed by atoms with van der Waals surface area (Å²) in [5.74, 6) is -0.00592. The number of carbonyl (C=O) groups is 1. The monoisotopic (exact) mass is 352 g/mol. The first-order valence-corrected chi connectivity index (χ1v) is 7.99. The Morgan fingerprint density at radius 2 is 2.20 bits per heavy atom. The molecule has 5 heteroatoms. The third kappa shape index (κ3) is 4.44. The van der Waals surface area contributed by atoms with Gasteiger partial charge in [-0.05, 0) is 59.0 Å². The van der Waals surface area contributed by atoms with Crippen LogP contribution in [0.3, 0.4) is 0 Å². The van der Waals surface area contributed by atoms with E-state index in [1.807, 2.05) is 48.5 Å². The Hall–Kier alpha value is -1.17. The summed E-state index contributed by atoms with van der Waals surface area (Å²) in [6, 6.07) is 9.99. The van der Waals surface area contributed by atoms with E-state index >= 15 is 0 Å². The predicted molar refractivity (Wildman–Crippen MR) is 88.2 cm³/mol. The number of carbonyl (C=O) groups excluding carboxylic acids is 1. The van der Waals surface area contributed by atoms with E-state index < -0.39 is 0 Å². The third-order valence-corrected chi connectivity index (χ3v) is 4.34. The molecule has 1 N–H and O–H groups in total. The Morgan fingerprint density at radius 3 is 2.85 bits per heavy atom. The molecular weight excluding hydrogens is 336 g/mol. The summed E-state index contributed by atoms with van der Waals surface area (Å²) in [5.41, 5.74) is 1.97. The topological polar surface area (TPSA) is 32.3 Å². The van der Waals surface area contributed by atoms with Crippen molar-refractivity contribution < 1.29 is 4.79 Å². The standard InChI is InChI=1S/C15H17BrN2OS/c1-11-5-6-14(13(16)8-11)17-15(19)10-18(2)9-12-4-3-7-20-12/h3-8H,9-10H2,1-2H3,(H,17,19). The molecule has 1 aromatic heterocycles. The zero-order valence-corrected chi connectivity index (χ0v) is 13.9. The Kier molecular flexibility index (Phi) is 5.34. The lowest BCUT2D eigenvalue weighted by molar-refractivity contribution is -0.117. The fourth-order valence-electron chi connectivity index (χ4n) is 1.88. The highest BCUT2D eigenvalue weighted by molar-refractivity contribution is 9.10. The van der Waals surface area contributed by atoms with Crippen LogP contribution in [0.4, 0.5) is 5.69 Å². The molecule has 0 aliphatic heterocycles. The molecular formula is C15H17BrN2OS. The van der Waals surface area contributed by atoms with Crippen LogP contribution in [0.1, 0.15) is 10.4 Å². The number of aryl methyl sites for hydroxylation is 1. The van der Waals surface area contributed by atoms with Gasteiger partial charge in [-0.3, -0.25) is 9.69 Å². The molecule has 0 aliphatic rings. The summed E-state index contributed by atoms with van der Waals surface area (Å²) in [7, 11) is 1.95. The molecule has 0 spiro atoms. The van der Waals surface area contributed by atoms with Gasteiger partial charge in [0.25, 0.3) is 0 Å². The average molecular weight is 353 g/mol. The summed E-state index contributed by atoms with van der Waals surface area (Å²) in [6.07, 6.45) is 0. The van der Waals surface area contributed by atoms with Crippen LogP contribution >= 0.6 is 27.3 Å². The van der Waals surface area contributed by atoms with Gasteiger partial charge in [-0.1, -0.05) is 12.1 Å². The van der Waals surface area contributed by atoms with Crippen molar-refractivity contribution in [2.75, 3.05) is 18.9 Å². The number of likely N-dealkylation sites (N-methyl/N-ethyl adjacent to an activating group) is 1. The van der Waals surface area contributed by atoms with Crippen molar-refractivity contribution in [2.24, 2.45) is 0 Å². The van der Waals surface area contributed by atoms with Gasteiger partial charge >= 0.3 is 0 Å². The van der Waals surface area contributed by atoms with Crippen LogP contribution in [0.25, 0.3) is 0 Å². The first kappa shape index (κ1) is 15.2. The smallest absolute Gasteiger partial charge is 0.238 e. The zero-order valence-electron chi connectivity index (χ0n) is 11.5. The van der Waals surface area contributed by atoms with Crippen molar-refractivity contribution in [3.63, 3.8) is 0 Å².